The zero-order chi connectivity index (χ0) is 14.0. The minimum absolute atomic E-state index is 0.356. The molecule has 0 aliphatic carbocycles. The van der Waals surface area contributed by atoms with Crippen molar-refractivity contribution < 1.29 is 15.0 Å². The maximum Gasteiger partial charge on any atom is 0.340 e. The molecule has 1 unspecified atom stereocenters. The van der Waals surface area contributed by atoms with Gasteiger partial charge in [-0.15, -0.1) is 12.6 Å². The molecule has 0 amide bonds. The van der Waals surface area contributed by atoms with Crippen molar-refractivity contribution in [1.29, 1.82) is 0 Å². The van der Waals surface area contributed by atoms with E-state index in [1.165, 1.54) is 6.92 Å². The topological polar surface area (TPSA) is 57.5 Å². The largest absolute Gasteiger partial charge is 0.479 e. The Bertz CT molecular complexity index is 586. The fraction of sp³-hybridized carbons (Fsp3) is 0.133. The highest BCUT2D eigenvalue weighted by molar-refractivity contribution is 7.80. The Labute approximate surface area is 116 Å². The molecule has 2 aromatic rings. The van der Waals surface area contributed by atoms with Gasteiger partial charge in [0.15, 0.2) is 5.60 Å². The number of rotatable bonds is 3. The van der Waals surface area contributed by atoms with Crippen molar-refractivity contribution in [2.24, 2.45) is 0 Å². The zero-order valence-corrected chi connectivity index (χ0v) is 11.3. The third-order valence-corrected chi connectivity index (χ3v) is 3.36. The van der Waals surface area contributed by atoms with E-state index >= 15 is 0 Å². The van der Waals surface area contributed by atoms with E-state index in [1.54, 1.807) is 24.3 Å². The fourth-order valence-electron chi connectivity index (χ4n) is 1.76. The molecule has 0 fully saturated rings. The number of carboxylic acid groups (broad SMARTS) is 1. The lowest BCUT2D eigenvalue weighted by Crippen LogP contribution is -2.31. The molecule has 98 valence electrons. The summed E-state index contributed by atoms with van der Waals surface area (Å²) >= 11 is 4.22. The molecule has 0 aliphatic heterocycles. The van der Waals surface area contributed by atoms with Crippen LogP contribution < -0.4 is 0 Å². The summed E-state index contributed by atoms with van der Waals surface area (Å²) in [4.78, 5) is 11.8. The Morgan fingerprint density at radius 1 is 1.00 bits per heavy atom. The number of benzene rings is 2. The van der Waals surface area contributed by atoms with E-state index in [0.29, 0.717) is 5.56 Å². The van der Waals surface area contributed by atoms with Crippen LogP contribution in [0.5, 0.6) is 0 Å². The molecule has 3 nitrogen and oxygen atoms in total. The van der Waals surface area contributed by atoms with Gasteiger partial charge in [-0.05, 0) is 35.7 Å². The molecule has 0 heterocycles. The van der Waals surface area contributed by atoms with Crippen molar-refractivity contribution in [2.45, 2.75) is 17.4 Å². The Balaban J connectivity index is 2.33. The van der Waals surface area contributed by atoms with Crippen molar-refractivity contribution in [3.63, 3.8) is 0 Å². The predicted molar refractivity (Wildman–Crippen MR) is 76.3 cm³/mol. The number of hydrogen-bond acceptors (Lipinski definition) is 3. The van der Waals surface area contributed by atoms with Crippen LogP contribution >= 0.6 is 12.6 Å². The van der Waals surface area contributed by atoms with Gasteiger partial charge in [0.2, 0.25) is 0 Å². The van der Waals surface area contributed by atoms with Gasteiger partial charge in [-0.1, -0.05) is 36.4 Å². The van der Waals surface area contributed by atoms with Crippen LogP contribution in [0.25, 0.3) is 11.1 Å². The lowest BCUT2D eigenvalue weighted by Gasteiger charge is -2.18. The van der Waals surface area contributed by atoms with Crippen molar-refractivity contribution in [1.82, 2.24) is 0 Å². The van der Waals surface area contributed by atoms with E-state index in [2.05, 4.69) is 12.6 Å². The molecule has 1 atom stereocenters. The minimum Gasteiger partial charge on any atom is -0.479 e. The maximum absolute atomic E-state index is 11.0. The number of thiol groups is 1. The van der Waals surface area contributed by atoms with Crippen LogP contribution in [0, 0.1) is 0 Å². The van der Waals surface area contributed by atoms with E-state index in [-0.39, 0.29) is 0 Å². The SMILES string of the molecule is CC(O)(C(=O)O)c1ccc(-c2ccc(S)cc2)cc1. The van der Waals surface area contributed by atoms with Gasteiger partial charge in [0.25, 0.3) is 0 Å². The molecule has 0 aliphatic rings. The van der Waals surface area contributed by atoms with Crippen LogP contribution in [0.2, 0.25) is 0 Å². The Morgan fingerprint density at radius 2 is 1.42 bits per heavy atom. The lowest BCUT2D eigenvalue weighted by molar-refractivity contribution is -0.157. The van der Waals surface area contributed by atoms with Gasteiger partial charge >= 0.3 is 5.97 Å². The second-order valence-electron chi connectivity index (χ2n) is 4.50. The monoisotopic (exact) mass is 274 g/mol. The number of hydrogen-bond donors (Lipinski definition) is 3. The molecule has 0 spiro atoms. The van der Waals surface area contributed by atoms with Gasteiger partial charge in [-0.25, -0.2) is 4.79 Å². The van der Waals surface area contributed by atoms with E-state index in [0.717, 1.165) is 16.0 Å². The Morgan fingerprint density at radius 3 is 1.84 bits per heavy atom. The fourth-order valence-corrected chi connectivity index (χ4v) is 1.91. The Hall–Kier alpha value is -1.78. The summed E-state index contributed by atoms with van der Waals surface area (Å²) in [6, 6.07) is 14.5. The van der Waals surface area contributed by atoms with E-state index in [4.69, 9.17) is 5.11 Å². The number of aliphatic carboxylic acids is 1. The quantitative estimate of drug-likeness (QED) is 0.754. The molecule has 2 N–H and O–H groups in total. The molecule has 0 aromatic heterocycles. The second-order valence-corrected chi connectivity index (χ2v) is 5.02. The second kappa shape index (κ2) is 5.07. The van der Waals surface area contributed by atoms with Crippen molar-refractivity contribution >= 4 is 18.6 Å². The average molecular weight is 274 g/mol. The highest BCUT2D eigenvalue weighted by atomic mass is 32.1. The summed E-state index contributed by atoms with van der Waals surface area (Å²) in [6.07, 6.45) is 0. The Kier molecular flexibility index (Phi) is 3.64. The molecule has 19 heavy (non-hydrogen) atoms. The molecule has 0 saturated heterocycles. The summed E-state index contributed by atoms with van der Waals surface area (Å²) in [6.45, 7) is 1.26. The molecular formula is C15H14O3S. The van der Waals surface area contributed by atoms with Crippen LogP contribution in [0.4, 0.5) is 0 Å². The molecular weight excluding hydrogens is 260 g/mol. The van der Waals surface area contributed by atoms with Gasteiger partial charge in [-0.3, -0.25) is 0 Å². The number of carboxylic acids is 1. The lowest BCUT2D eigenvalue weighted by atomic mass is 9.94. The van der Waals surface area contributed by atoms with Crippen molar-refractivity contribution in [2.75, 3.05) is 0 Å². The van der Waals surface area contributed by atoms with Crippen LogP contribution in [0.15, 0.2) is 53.4 Å². The highest BCUT2D eigenvalue weighted by Crippen LogP contribution is 2.26. The normalized spacial score (nSPS) is 13.8. The van der Waals surface area contributed by atoms with Crippen LogP contribution in [-0.4, -0.2) is 16.2 Å². The predicted octanol–water partition coefficient (Wildman–Crippen LogP) is 2.93. The highest BCUT2D eigenvalue weighted by Gasteiger charge is 2.31. The first-order valence-electron chi connectivity index (χ1n) is 5.77. The first-order chi connectivity index (χ1) is 8.91. The van der Waals surface area contributed by atoms with Crippen molar-refractivity contribution in [3.8, 4) is 11.1 Å². The molecule has 0 bridgehead atoms. The summed E-state index contributed by atoms with van der Waals surface area (Å²) < 4.78 is 0. The van der Waals surface area contributed by atoms with Gasteiger partial charge in [-0.2, -0.15) is 0 Å². The third kappa shape index (κ3) is 2.80. The standard InChI is InChI=1S/C15H14O3S/c1-15(18,14(16)17)12-6-2-10(3-7-12)11-4-8-13(19)9-5-11/h2-9,18-19H,1H3,(H,16,17). The van der Waals surface area contributed by atoms with Crippen LogP contribution in [0.3, 0.4) is 0 Å². The molecule has 0 radical (unpaired) electrons. The van der Waals surface area contributed by atoms with Gasteiger partial charge in [0, 0.05) is 4.90 Å². The third-order valence-electron chi connectivity index (χ3n) is 3.06. The molecule has 2 rings (SSSR count). The molecule has 2 aromatic carbocycles. The number of carbonyl (C=O) groups is 1. The average Bonchev–Trinajstić information content (AvgIpc) is 2.39. The zero-order valence-electron chi connectivity index (χ0n) is 10.4. The first-order valence-corrected chi connectivity index (χ1v) is 6.21. The summed E-state index contributed by atoms with van der Waals surface area (Å²) in [5.41, 5.74) is 0.458. The maximum atomic E-state index is 11.0. The molecule has 4 heteroatoms. The summed E-state index contributed by atoms with van der Waals surface area (Å²) in [5.74, 6) is -1.26. The van der Waals surface area contributed by atoms with E-state index in [9.17, 15) is 9.90 Å². The van der Waals surface area contributed by atoms with Gasteiger partial charge in [0.05, 0.1) is 0 Å². The minimum atomic E-state index is -1.87. The van der Waals surface area contributed by atoms with Crippen LogP contribution in [-0.2, 0) is 10.4 Å². The molecule has 0 saturated carbocycles. The van der Waals surface area contributed by atoms with Crippen molar-refractivity contribution in [3.05, 3.63) is 54.1 Å². The summed E-state index contributed by atoms with van der Waals surface area (Å²) in [7, 11) is 0. The van der Waals surface area contributed by atoms with E-state index < -0.39 is 11.6 Å². The number of aliphatic hydroxyl groups is 1. The van der Waals surface area contributed by atoms with Crippen LogP contribution in [0.1, 0.15) is 12.5 Å². The first kappa shape index (κ1) is 13.6. The summed E-state index contributed by atoms with van der Waals surface area (Å²) in [5, 5.41) is 18.8. The smallest absolute Gasteiger partial charge is 0.340 e. The van der Waals surface area contributed by atoms with Gasteiger partial charge < -0.3 is 10.2 Å². The van der Waals surface area contributed by atoms with E-state index in [1.807, 2.05) is 24.3 Å². The van der Waals surface area contributed by atoms with Gasteiger partial charge in [0.1, 0.15) is 0 Å².